The second kappa shape index (κ2) is 16.3. The maximum atomic E-state index is 11.4. The Morgan fingerprint density at radius 3 is 1.71 bits per heavy atom. The maximum absolute atomic E-state index is 11.4. The molecule has 0 saturated heterocycles. The molecule has 1 atom stereocenters. The van der Waals surface area contributed by atoms with Crippen molar-refractivity contribution >= 4 is 21.1 Å². The third-order valence-corrected chi connectivity index (χ3v) is 8.67. The fourth-order valence-electron chi connectivity index (χ4n) is 4.76. The number of nitrogens with zero attached hydrogens (tertiary/aromatic N) is 2. The summed E-state index contributed by atoms with van der Waals surface area (Å²) < 4.78 is 21.3. The minimum Gasteiger partial charge on any atom is -0.361 e. The largest absolute Gasteiger partial charge is 0.361 e. The van der Waals surface area contributed by atoms with E-state index in [1.54, 1.807) is 24.3 Å². The van der Waals surface area contributed by atoms with Gasteiger partial charge in [-0.05, 0) is 50.8 Å². The molecule has 0 bridgehead atoms. The highest BCUT2D eigenvalue weighted by Gasteiger charge is 2.37. The topological polar surface area (TPSA) is 88.9 Å². The van der Waals surface area contributed by atoms with E-state index in [0.29, 0.717) is 43.8 Å². The van der Waals surface area contributed by atoms with Gasteiger partial charge < -0.3 is 13.8 Å². The molecule has 0 amide bonds. The Balaban J connectivity index is 1.89. The summed E-state index contributed by atoms with van der Waals surface area (Å²) in [5.41, 5.74) is 2.81. The predicted octanol–water partition coefficient (Wildman–Crippen LogP) is 7.30. The highest BCUT2D eigenvalue weighted by molar-refractivity contribution is 7.44. The van der Waals surface area contributed by atoms with Crippen LogP contribution in [0.1, 0.15) is 77.9 Å². The number of nitriles is 1. The summed E-state index contributed by atoms with van der Waals surface area (Å²) in [6, 6.07) is 27.2. The lowest BCUT2D eigenvalue weighted by Crippen LogP contribution is -2.34. The highest BCUT2D eigenvalue weighted by Crippen LogP contribution is 2.46. The molecule has 41 heavy (non-hydrogen) atoms. The average Bonchev–Trinajstić information content (AvgIpc) is 2.99. The van der Waals surface area contributed by atoms with Gasteiger partial charge >= 0.3 is 0 Å². The Hall–Kier alpha value is -3.24. The van der Waals surface area contributed by atoms with Crippen LogP contribution in [0.5, 0.6) is 0 Å². The molecule has 0 fully saturated rings. The first-order chi connectivity index (χ1) is 19.9. The van der Waals surface area contributed by atoms with E-state index in [1.165, 1.54) is 0 Å². The number of hydrogen-bond acceptors (Lipinski definition) is 7. The number of carbonyl (C=O) groups excluding carboxylic acids is 2. The van der Waals surface area contributed by atoms with Crippen molar-refractivity contribution in [2.75, 3.05) is 19.8 Å². The van der Waals surface area contributed by atoms with Crippen molar-refractivity contribution in [1.29, 1.82) is 5.26 Å². The summed E-state index contributed by atoms with van der Waals surface area (Å²) in [6.07, 6.45) is 2.54. The van der Waals surface area contributed by atoms with Gasteiger partial charge in [-0.1, -0.05) is 78.9 Å². The molecule has 0 aliphatic carbocycles. The Bertz CT molecular complexity index is 1200. The van der Waals surface area contributed by atoms with Gasteiger partial charge in [-0.15, -0.1) is 0 Å². The minimum absolute atomic E-state index is 0.217. The van der Waals surface area contributed by atoms with E-state index in [4.69, 9.17) is 19.0 Å². The average molecular weight is 575 g/mol. The number of hydrogen-bond donors (Lipinski definition) is 0. The fraction of sp³-hybridized carbons (Fsp3) is 0.364. The van der Waals surface area contributed by atoms with Crippen LogP contribution in [-0.2, 0) is 19.4 Å². The first kappa shape index (κ1) is 32.3. The molecule has 8 heteroatoms. The van der Waals surface area contributed by atoms with Crippen molar-refractivity contribution in [3.63, 3.8) is 0 Å². The molecule has 216 valence electrons. The van der Waals surface area contributed by atoms with Crippen molar-refractivity contribution in [1.82, 2.24) is 4.67 Å². The molecule has 3 rings (SSSR count). The maximum Gasteiger partial charge on any atom is 0.259 e. The van der Waals surface area contributed by atoms with Crippen LogP contribution in [0.4, 0.5) is 0 Å². The molecule has 0 radical (unpaired) electrons. The second-order valence-electron chi connectivity index (χ2n) is 10.1. The predicted molar refractivity (Wildman–Crippen MR) is 162 cm³/mol. The van der Waals surface area contributed by atoms with Crippen LogP contribution >= 0.6 is 8.53 Å². The minimum atomic E-state index is -1.34. The third kappa shape index (κ3) is 8.39. The van der Waals surface area contributed by atoms with Gasteiger partial charge in [0.2, 0.25) is 0 Å². The molecule has 0 N–H and O–H groups in total. The summed E-state index contributed by atoms with van der Waals surface area (Å²) in [5, 5.41) is 8.97. The van der Waals surface area contributed by atoms with Crippen molar-refractivity contribution < 1.29 is 23.4 Å². The van der Waals surface area contributed by atoms with Crippen LogP contribution in [0, 0.1) is 11.3 Å². The number of aldehydes is 2. The van der Waals surface area contributed by atoms with Gasteiger partial charge in [0.15, 0.2) is 0 Å². The van der Waals surface area contributed by atoms with Crippen molar-refractivity contribution in [3.8, 4) is 6.07 Å². The second-order valence-corrected chi connectivity index (χ2v) is 11.6. The van der Waals surface area contributed by atoms with Crippen LogP contribution in [0.15, 0.2) is 78.9 Å². The van der Waals surface area contributed by atoms with Crippen LogP contribution in [0.3, 0.4) is 0 Å². The van der Waals surface area contributed by atoms with Gasteiger partial charge in [-0.25, -0.2) is 4.67 Å². The smallest absolute Gasteiger partial charge is 0.259 e. The molecule has 1 unspecified atom stereocenters. The monoisotopic (exact) mass is 574 g/mol. The summed E-state index contributed by atoms with van der Waals surface area (Å²) in [6.45, 7) is 9.52. The van der Waals surface area contributed by atoms with Gasteiger partial charge in [-0.3, -0.25) is 9.59 Å². The van der Waals surface area contributed by atoms with E-state index < -0.39 is 14.1 Å². The van der Waals surface area contributed by atoms with E-state index in [0.717, 1.165) is 29.3 Å². The first-order valence-corrected chi connectivity index (χ1v) is 15.0. The summed E-state index contributed by atoms with van der Waals surface area (Å²) >= 11 is 0. The molecule has 0 heterocycles. The zero-order valence-electron chi connectivity index (χ0n) is 24.2. The molecular weight excluding hydrogens is 535 g/mol. The summed E-state index contributed by atoms with van der Waals surface area (Å²) in [7, 11) is -1.34. The van der Waals surface area contributed by atoms with Crippen molar-refractivity contribution in [3.05, 3.63) is 107 Å². The molecule has 3 aromatic rings. The number of ether oxygens (including phenoxy) is 1. The molecule has 0 aliphatic heterocycles. The Kier molecular flexibility index (Phi) is 12.8. The zero-order chi connectivity index (χ0) is 29.7. The third-order valence-electron chi connectivity index (χ3n) is 6.56. The Morgan fingerprint density at radius 1 is 0.756 bits per heavy atom. The summed E-state index contributed by atoms with van der Waals surface area (Å²) in [4.78, 5) is 22.8. The van der Waals surface area contributed by atoms with E-state index in [9.17, 15) is 9.59 Å². The lowest BCUT2D eigenvalue weighted by molar-refractivity contribution is 0.00634. The Labute approximate surface area is 245 Å². The van der Waals surface area contributed by atoms with Crippen LogP contribution in [0.25, 0.3) is 0 Å². The van der Waals surface area contributed by atoms with Gasteiger partial charge in [0.1, 0.15) is 18.2 Å². The molecule has 0 spiro atoms. The van der Waals surface area contributed by atoms with Crippen molar-refractivity contribution in [2.24, 2.45) is 0 Å². The quantitative estimate of drug-likeness (QED) is 0.0723. The molecular formula is C33H39N2O5P. The van der Waals surface area contributed by atoms with E-state index in [2.05, 4.69) is 38.4 Å². The number of rotatable bonds is 17. The van der Waals surface area contributed by atoms with Crippen molar-refractivity contribution in [2.45, 2.75) is 58.2 Å². The lowest BCUT2D eigenvalue weighted by atomic mass is 9.79. The number of benzene rings is 3. The SMILES string of the molecule is CC(C)N(C(C)C)P(OCCC#N)OCCCOC(c1ccccc1)(c1ccc(C=O)cc1)c1ccc(C=O)cc1. The lowest BCUT2D eigenvalue weighted by Gasteiger charge is -2.37. The molecule has 3 aromatic carbocycles. The molecule has 0 saturated carbocycles. The van der Waals surface area contributed by atoms with Gasteiger partial charge in [0, 0.05) is 23.2 Å². The normalized spacial score (nSPS) is 12.4. The van der Waals surface area contributed by atoms with E-state index >= 15 is 0 Å². The van der Waals surface area contributed by atoms with Gasteiger partial charge in [0.25, 0.3) is 8.53 Å². The molecule has 0 aromatic heterocycles. The zero-order valence-corrected chi connectivity index (χ0v) is 25.1. The van der Waals surface area contributed by atoms with Gasteiger partial charge in [-0.2, -0.15) is 5.26 Å². The van der Waals surface area contributed by atoms with E-state index in [-0.39, 0.29) is 12.1 Å². The summed E-state index contributed by atoms with van der Waals surface area (Å²) in [5.74, 6) is 0. The van der Waals surface area contributed by atoms with Crippen LogP contribution in [-0.4, -0.2) is 49.1 Å². The van der Waals surface area contributed by atoms with Crippen LogP contribution < -0.4 is 0 Å². The number of carbonyl (C=O) groups is 2. The van der Waals surface area contributed by atoms with Crippen LogP contribution in [0.2, 0.25) is 0 Å². The highest BCUT2D eigenvalue weighted by atomic mass is 31.2. The Morgan fingerprint density at radius 2 is 1.24 bits per heavy atom. The van der Waals surface area contributed by atoms with Gasteiger partial charge in [0.05, 0.1) is 32.3 Å². The van der Waals surface area contributed by atoms with E-state index in [1.807, 2.05) is 54.6 Å². The standard InChI is InChI=1S/C33H39N2O5P/c1-26(2)35(27(3)4)41(39-22-8-20-34)40-23-9-21-38-33(30-10-6-5-7-11-30,31-16-12-28(24-36)13-17-31)32-18-14-29(25-37)15-19-32/h5-7,10-19,24-27H,8-9,21-23H2,1-4H3. The fourth-order valence-corrected chi connectivity index (χ4v) is 6.38. The molecule has 7 nitrogen and oxygen atoms in total. The molecule has 0 aliphatic rings. The first-order valence-electron chi connectivity index (χ1n) is 13.9.